The smallest absolute Gasteiger partial charge is 0.123 e. The Balaban J connectivity index is 2.29. The number of halogens is 1. The quantitative estimate of drug-likeness (QED) is 0.710. The summed E-state index contributed by atoms with van der Waals surface area (Å²) in [7, 11) is 0. The Kier molecular flexibility index (Phi) is 2.41. The van der Waals surface area contributed by atoms with Crippen LogP contribution in [0.1, 0.15) is 0 Å². The average molecular weight is 240 g/mol. The molecule has 0 saturated heterocycles. The van der Waals surface area contributed by atoms with Crippen molar-refractivity contribution >= 4 is 10.9 Å². The average Bonchev–Trinajstić information content (AvgIpc) is 2.37. The van der Waals surface area contributed by atoms with Gasteiger partial charge in [-0.05, 0) is 24.3 Å². The zero-order chi connectivity index (χ0) is 12.5. The van der Waals surface area contributed by atoms with Gasteiger partial charge in [-0.1, -0.05) is 12.1 Å². The predicted molar refractivity (Wildman–Crippen MR) is 66.6 cm³/mol. The van der Waals surface area contributed by atoms with Crippen LogP contribution in [0.25, 0.3) is 22.2 Å². The van der Waals surface area contributed by atoms with E-state index in [0.29, 0.717) is 16.8 Å². The number of aromatic nitrogens is 2. The summed E-state index contributed by atoms with van der Waals surface area (Å²) < 4.78 is 13.2. The van der Waals surface area contributed by atoms with Crippen molar-refractivity contribution in [1.82, 2.24) is 9.97 Å². The molecule has 1 N–H and O–H groups in total. The summed E-state index contributed by atoms with van der Waals surface area (Å²) in [5, 5.41) is 10.2. The van der Waals surface area contributed by atoms with Crippen molar-refractivity contribution in [2.75, 3.05) is 0 Å². The van der Waals surface area contributed by atoms with Gasteiger partial charge in [0, 0.05) is 17.0 Å². The molecule has 3 aromatic rings. The van der Waals surface area contributed by atoms with Crippen LogP contribution in [-0.2, 0) is 0 Å². The summed E-state index contributed by atoms with van der Waals surface area (Å²) in [6.07, 6.45) is 1.40. The van der Waals surface area contributed by atoms with Crippen LogP contribution in [0.5, 0.6) is 5.75 Å². The van der Waals surface area contributed by atoms with Gasteiger partial charge in [-0.3, -0.25) is 0 Å². The van der Waals surface area contributed by atoms with Gasteiger partial charge in [0.05, 0.1) is 11.2 Å². The highest BCUT2D eigenvalue weighted by Crippen LogP contribution is 2.27. The minimum atomic E-state index is -0.307. The molecule has 0 aliphatic rings. The van der Waals surface area contributed by atoms with E-state index < -0.39 is 0 Å². The number of hydrogen-bond donors (Lipinski definition) is 1. The maximum atomic E-state index is 13.2. The molecule has 1 heterocycles. The second kappa shape index (κ2) is 4.07. The number of hydrogen-bond acceptors (Lipinski definition) is 3. The first-order valence-electron chi connectivity index (χ1n) is 5.44. The van der Waals surface area contributed by atoms with E-state index in [1.165, 1.54) is 18.5 Å². The van der Waals surface area contributed by atoms with Crippen molar-refractivity contribution in [1.29, 1.82) is 0 Å². The van der Waals surface area contributed by atoms with Crippen molar-refractivity contribution in [3.63, 3.8) is 0 Å². The Morgan fingerprint density at radius 1 is 1.00 bits per heavy atom. The molecule has 0 amide bonds. The summed E-state index contributed by atoms with van der Waals surface area (Å²) in [4.78, 5) is 8.27. The van der Waals surface area contributed by atoms with E-state index >= 15 is 0 Å². The SMILES string of the molecule is Oc1ccc2c(-c3cccc(F)c3)ncnc2c1. The van der Waals surface area contributed by atoms with Gasteiger partial charge in [-0.25, -0.2) is 14.4 Å². The molecule has 1 aromatic heterocycles. The van der Waals surface area contributed by atoms with Crippen molar-refractivity contribution in [2.45, 2.75) is 0 Å². The van der Waals surface area contributed by atoms with E-state index in [1.54, 1.807) is 30.3 Å². The zero-order valence-corrected chi connectivity index (χ0v) is 9.34. The molecule has 4 heteroatoms. The first kappa shape index (κ1) is 10.7. The number of nitrogens with zero attached hydrogens (tertiary/aromatic N) is 2. The van der Waals surface area contributed by atoms with Crippen molar-refractivity contribution in [3.05, 3.63) is 54.6 Å². The monoisotopic (exact) mass is 240 g/mol. The van der Waals surface area contributed by atoms with Gasteiger partial charge in [0.2, 0.25) is 0 Å². The van der Waals surface area contributed by atoms with E-state index in [0.717, 1.165) is 5.39 Å². The van der Waals surface area contributed by atoms with E-state index in [1.807, 2.05) is 0 Å². The lowest BCUT2D eigenvalue weighted by molar-refractivity contribution is 0.476. The van der Waals surface area contributed by atoms with Crippen LogP contribution in [0.15, 0.2) is 48.8 Å². The highest BCUT2D eigenvalue weighted by molar-refractivity contribution is 5.92. The van der Waals surface area contributed by atoms with Gasteiger partial charge in [0.1, 0.15) is 17.9 Å². The number of aromatic hydroxyl groups is 1. The lowest BCUT2D eigenvalue weighted by Crippen LogP contribution is -1.89. The third-order valence-electron chi connectivity index (χ3n) is 2.72. The van der Waals surface area contributed by atoms with Crippen LogP contribution < -0.4 is 0 Å². The molecule has 3 nitrogen and oxygen atoms in total. The molecular weight excluding hydrogens is 231 g/mol. The summed E-state index contributed by atoms with van der Waals surface area (Å²) >= 11 is 0. The molecule has 0 aliphatic carbocycles. The minimum absolute atomic E-state index is 0.145. The first-order valence-corrected chi connectivity index (χ1v) is 5.44. The highest BCUT2D eigenvalue weighted by Gasteiger charge is 2.07. The molecule has 0 atom stereocenters. The van der Waals surface area contributed by atoms with Crippen LogP contribution in [0, 0.1) is 5.82 Å². The molecule has 2 aromatic carbocycles. The summed E-state index contributed by atoms with van der Waals surface area (Å²) in [6, 6.07) is 11.1. The Morgan fingerprint density at radius 3 is 2.72 bits per heavy atom. The van der Waals surface area contributed by atoms with Crippen LogP contribution in [0.3, 0.4) is 0 Å². The van der Waals surface area contributed by atoms with Crippen molar-refractivity contribution in [3.8, 4) is 17.0 Å². The highest BCUT2D eigenvalue weighted by atomic mass is 19.1. The molecule has 0 spiro atoms. The molecule has 0 unspecified atom stereocenters. The predicted octanol–water partition coefficient (Wildman–Crippen LogP) is 3.14. The van der Waals surface area contributed by atoms with Crippen LogP contribution in [-0.4, -0.2) is 15.1 Å². The van der Waals surface area contributed by atoms with Gasteiger partial charge >= 0.3 is 0 Å². The number of fused-ring (bicyclic) bond motifs is 1. The lowest BCUT2D eigenvalue weighted by atomic mass is 10.1. The Bertz CT molecular complexity index is 728. The molecule has 0 aliphatic heterocycles. The Labute approximate surface area is 103 Å². The molecule has 0 fully saturated rings. The van der Waals surface area contributed by atoms with Gasteiger partial charge in [0.15, 0.2) is 0 Å². The maximum Gasteiger partial charge on any atom is 0.123 e. The number of rotatable bonds is 1. The molecule has 0 saturated carbocycles. The Hall–Kier alpha value is -2.49. The van der Waals surface area contributed by atoms with Crippen LogP contribution in [0.4, 0.5) is 4.39 Å². The fraction of sp³-hybridized carbons (Fsp3) is 0. The lowest BCUT2D eigenvalue weighted by Gasteiger charge is -2.05. The van der Waals surface area contributed by atoms with Crippen molar-refractivity contribution in [2.24, 2.45) is 0 Å². The number of phenolic OH excluding ortho intramolecular Hbond substituents is 1. The van der Waals surface area contributed by atoms with Crippen LogP contribution >= 0.6 is 0 Å². The molecule has 88 valence electrons. The van der Waals surface area contributed by atoms with E-state index in [9.17, 15) is 9.50 Å². The second-order valence-corrected chi connectivity index (χ2v) is 3.93. The van der Waals surface area contributed by atoms with Crippen molar-refractivity contribution < 1.29 is 9.50 Å². The molecule has 18 heavy (non-hydrogen) atoms. The summed E-state index contributed by atoms with van der Waals surface area (Å²) in [6.45, 7) is 0. The van der Waals surface area contributed by atoms with Gasteiger partial charge < -0.3 is 5.11 Å². The maximum absolute atomic E-state index is 13.2. The molecule has 0 radical (unpaired) electrons. The zero-order valence-electron chi connectivity index (χ0n) is 9.34. The standard InChI is InChI=1S/C14H9FN2O/c15-10-3-1-2-9(6-10)14-12-5-4-11(18)7-13(12)16-8-17-14/h1-8,18H. The molecule has 3 rings (SSSR count). The van der Waals surface area contributed by atoms with E-state index in [-0.39, 0.29) is 11.6 Å². The normalized spacial score (nSPS) is 10.7. The first-order chi connectivity index (χ1) is 8.74. The topological polar surface area (TPSA) is 46.0 Å². The van der Waals surface area contributed by atoms with E-state index in [2.05, 4.69) is 9.97 Å². The van der Waals surface area contributed by atoms with Gasteiger partial charge in [-0.15, -0.1) is 0 Å². The van der Waals surface area contributed by atoms with Crippen LogP contribution in [0.2, 0.25) is 0 Å². The third-order valence-corrected chi connectivity index (χ3v) is 2.72. The molecule has 0 bridgehead atoms. The van der Waals surface area contributed by atoms with E-state index in [4.69, 9.17) is 0 Å². The fourth-order valence-electron chi connectivity index (χ4n) is 1.91. The third kappa shape index (κ3) is 1.78. The number of phenols is 1. The summed E-state index contributed by atoms with van der Waals surface area (Å²) in [5.41, 5.74) is 1.97. The number of benzene rings is 2. The van der Waals surface area contributed by atoms with Gasteiger partial charge in [0.25, 0.3) is 0 Å². The fourth-order valence-corrected chi connectivity index (χ4v) is 1.91. The second-order valence-electron chi connectivity index (χ2n) is 3.93. The Morgan fingerprint density at radius 2 is 1.89 bits per heavy atom. The summed E-state index contributed by atoms with van der Waals surface area (Å²) in [5.74, 6) is -0.163. The van der Waals surface area contributed by atoms with Gasteiger partial charge in [-0.2, -0.15) is 0 Å². The molecular formula is C14H9FN2O. The largest absolute Gasteiger partial charge is 0.508 e. The minimum Gasteiger partial charge on any atom is -0.508 e.